The molecule has 6 heteroatoms. The van der Waals surface area contributed by atoms with Gasteiger partial charge in [0.25, 0.3) is 5.69 Å². The van der Waals surface area contributed by atoms with Crippen molar-refractivity contribution >= 4 is 29.4 Å². The Morgan fingerprint density at radius 2 is 2.13 bits per heavy atom. The van der Waals surface area contributed by atoms with Crippen LogP contribution in [-0.4, -0.2) is 17.0 Å². The molecule has 0 radical (unpaired) electrons. The Balaban J connectivity index is 3.59. The molecule has 0 heterocycles. The Hall–Kier alpha value is -1.75. The summed E-state index contributed by atoms with van der Waals surface area (Å²) >= 11 is 5.59. The number of benzene rings is 1. The Morgan fingerprint density at radius 3 is 2.53 bits per heavy atom. The van der Waals surface area contributed by atoms with E-state index in [2.05, 4.69) is 0 Å². The fraction of sp³-hybridized carbons (Fsp3) is 0.111. The van der Waals surface area contributed by atoms with Crippen LogP contribution in [0.15, 0.2) is 12.1 Å². The molecule has 0 aliphatic carbocycles. The molecule has 0 aliphatic rings. The number of aldehydes is 1. The van der Waals surface area contributed by atoms with Crippen LogP contribution in [0, 0.1) is 10.1 Å². The quantitative estimate of drug-likeness (QED) is 0.343. The van der Waals surface area contributed by atoms with Gasteiger partial charge in [-0.15, -0.1) is 0 Å². The summed E-state index contributed by atoms with van der Waals surface area (Å²) in [5.41, 5.74) is -0.733. The molecule has 0 spiro atoms. The van der Waals surface area contributed by atoms with Crippen LogP contribution in [-0.2, 0) is 0 Å². The van der Waals surface area contributed by atoms with Crippen LogP contribution in [0.1, 0.15) is 27.6 Å². The molecule has 0 aliphatic heterocycles. The fourth-order valence-electron chi connectivity index (χ4n) is 1.17. The number of nitrogens with zero attached hydrogens (tertiary/aromatic N) is 1. The van der Waals surface area contributed by atoms with Gasteiger partial charge in [-0.05, 0) is 13.0 Å². The van der Waals surface area contributed by atoms with Crippen LogP contribution in [0.4, 0.5) is 5.69 Å². The zero-order valence-corrected chi connectivity index (χ0v) is 8.45. The van der Waals surface area contributed by atoms with E-state index in [0.29, 0.717) is 0 Å². The van der Waals surface area contributed by atoms with Crippen LogP contribution in [0.5, 0.6) is 0 Å². The van der Waals surface area contributed by atoms with Gasteiger partial charge in [0.1, 0.15) is 5.56 Å². The number of nitro groups is 1. The minimum Gasteiger partial charge on any atom is -0.298 e. The van der Waals surface area contributed by atoms with E-state index in [9.17, 15) is 19.7 Å². The average molecular weight is 228 g/mol. The first-order chi connectivity index (χ1) is 6.97. The molecular weight excluding hydrogens is 222 g/mol. The molecule has 15 heavy (non-hydrogen) atoms. The van der Waals surface area contributed by atoms with E-state index in [0.717, 1.165) is 6.07 Å². The van der Waals surface area contributed by atoms with Gasteiger partial charge in [-0.2, -0.15) is 0 Å². The predicted molar refractivity (Wildman–Crippen MR) is 53.5 cm³/mol. The number of hydrogen-bond acceptors (Lipinski definition) is 4. The van der Waals surface area contributed by atoms with Gasteiger partial charge in [-0.1, -0.05) is 11.6 Å². The van der Waals surface area contributed by atoms with Gasteiger partial charge in [0.05, 0.1) is 4.92 Å². The number of Topliss-reactive ketones (excluding diaryl/α,β-unsaturated/α-hetero) is 1. The van der Waals surface area contributed by atoms with Crippen molar-refractivity contribution in [2.24, 2.45) is 0 Å². The van der Waals surface area contributed by atoms with Crippen LogP contribution < -0.4 is 0 Å². The molecule has 0 bridgehead atoms. The third-order valence-corrected chi connectivity index (χ3v) is 2.04. The van der Waals surface area contributed by atoms with E-state index >= 15 is 0 Å². The Morgan fingerprint density at radius 1 is 1.53 bits per heavy atom. The second-order valence-corrected chi connectivity index (χ2v) is 3.25. The topological polar surface area (TPSA) is 77.3 Å². The lowest BCUT2D eigenvalue weighted by atomic mass is 10.0. The lowest BCUT2D eigenvalue weighted by molar-refractivity contribution is -0.385. The number of carbonyl (C=O) groups excluding carboxylic acids is 2. The number of carbonyl (C=O) groups is 2. The number of nitro benzene ring substituents is 1. The molecule has 0 unspecified atom stereocenters. The highest BCUT2D eigenvalue weighted by atomic mass is 35.5. The maximum absolute atomic E-state index is 11.1. The number of ketones is 1. The average Bonchev–Trinajstić information content (AvgIpc) is 2.16. The second kappa shape index (κ2) is 4.18. The first kappa shape index (κ1) is 11.3. The maximum atomic E-state index is 11.1. The third kappa shape index (κ3) is 2.19. The van der Waals surface area contributed by atoms with Gasteiger partial charge in [0.15, 0.2) is 12.1 Å². The lowest BCUT2D eigenvalue weighted by Crippen LogP contribution is -2.03. The van der Waals surface area contributed by atoms with Crippen molar-refractivity contribution < 1.29 is 14.5 Å². The fourth-order valence-corrected chi connectivity index (χ4v) is 1.38. The lowest BCUT2D eigenvalue weighted by Gasteiger charge is -2.02. The summed E-state index contributed by atoms with van der Waals surface area (Å²) in [6.07, 6.45) is 0.283. The molecule has 1 aromatic carbocycles. The molecule has 0 aromatic heterocycles. The van der Waals surface area contributed by atoms with Crippen LogP contribution in [0.25, 0.3) is 0 Å². The van der Waals surface area contributed by atoms with Crippen LogP contribution in [0.2, 0.25) is 5.02 Å². The Labute approximate surface area is 89.8 Å². The predicted octanol–water partition coefficient (Wildman–Crippen LogP) is 2.26. The van der Waals surface area contributed by atoms with Gasteiger partial charge >= 0.3 is 0 Å². The minimum absolute atomic E-state index is 0.0378. The van der Waals surface area contributed by atoms with Gasteiger partial charge in [0.2, 0.25) is 0 Å². The Kier molecular flexibility index (Phi) is 3.16. The number of hydrogen-bond donors (Lipinski definition) is 0. The van der Waals surface area contributed by atoms with Crippen LogP contribution in [0.3, 0.4) is 0 Å². The van der Waals surface area contributed by atoms with E-state index in [1.54, 1.807) is 0 Å². The standard InChI is InChI=1S/C9H6ClNO4/c1-5(13)7-2-6(10)3-9(11(14)15)8(7)4-12/h2-4H,1H3. The smallest absolute Gasteiger partial charge is 0.282 e. The highest BCUT2D eigenvalue weighted by Gasteiger charge is 2.20. The molecule has 0 saturated carbocycles. The molecule has 5 nitrogen and oxygen atoms in total. The first-order valence-corrected chi connectivity index (χ1v) is 4.29. The van der Waals surface area contributed by atoms with E-state index in [-0.39, 0.29) is 22.4 Å². The van der Waals surface area contributed by atoms with Crippen molar-refractivity contribution in [1.82, 2.24) is 0 Å². The van der Waals surface area contributed by atoms with E-state index in [1.807, 2.05) is 0 Å². The maximum Gasteiger partial charge on any atom is 0.282 e. The van der Waals surface area contributed by atoms with E-state index in [1.165, 1.54) is 13.0 Å². The third-order valence-electron chi connectivity index (χ3n) is 1.82. The molecule has 0 fully saturated rings. The summed E-state index contributed by atoms with van der Waals surface area (Å²) in [4.78, 5) is 31.6. The highest BCUT2D eigenvalue weighted by molar-refractivity contribution is 6.31. The summed E-state index contributed by atoms with van der Waals surface area (Å²) in [6, 6.07) is 2.28. The second-order valence-electron chi connectivity index (χ2n) is 2.82. The molecule has 1 aromatic rings. The summed E-state index contributed by atoms with van der Waals surface area (Å²) in [5, 5.41) is 10.6. The molecule has 0 atom stereocenters. The van der Waals surface area contributed by atoms with Crippen molar-refractivity contribution in [3.8, 4) is 0 Å². The molecule has 0 amide bonds. The summed E-state index contributed by atoms with van der Waals surface area (Å²) in [7, 11) is 0. The van der Waals surface area contributed by atoms with Crippen molar-refractivity contribution in [2.45, 2.75) is 6.92 Å². The molecule has 0 saturated heterocycles. The van der Waals surface area contributed by atoms with Crippen molar-refractivity contribution in [2.75, 3.05) is 0 Å². The zero-order valence-electron chi connectivity index (χ0n) is 7.69. The van der Waals surface area contributed by atoms with E-state index < -0.39 is 16.4 Å². The monoisotopic (exact) mass is 227 g/mol. The minimum atomic E-state index is -0.748. The van der Waals surface area contributed by atoms with Crippen molar-refractivity contribution in [1.29, 1.82) is 0 Å². The van der Waals surface area contributed by atoms with Gasteiger partial charge < -0.3 is 0 Å². The van der Waals surface area contributed by atoms with Crippen LogP contribution >= 0.6 is 11.6 Å². The molecule has 0 N–H and O–H groups in total. The van der Waals surface area contributed by atoms with Gasteiger partial charge in [-0.3, -0.25) is 19.7 Å². The van der Waals surface area contributed by atoms with Crippen molar-refractivity contribution in [3.63, 3.8) is 0 Å². The van der Waals surface area contributed by atoms with Crippen molar-refractivity contribution in [3.05, 3.63) is 38.4 Å². The summed E-state index contributed by atoms with van der Waals surface area (Å²) in [6.45, 7) is 1.21. The number of rotatable bonds is 3. The largest absolute Gasteiger partial charge is 0.298 e. The molecule has 1 rings (SSSR count). The van der Waals surface area contributed by atoms with Gasteiger partial charge in [-0.25, -0.2) is 0 Å². The Bertz CT molecular complexity index is 420. The molecular formula is C9H6ClNO4. The highest BCUT2D eigenvalue weighted by Crippen LogP contribution is 2.26. The van der Waals surface area contributed by atoms with Gasteiger partial charge in [0, 0.05) is 16.7 Å². The number of halogens is 1. The van der Waals surface area contributed by atoms with E-state index in [4.69, 9.17) is 11.6 Å². The SMILES string of the molecule is CC(=O)c1cc(Cl)cc([N+](=O)[O-])c1C=O. The first-order valence-electron chi connectivity index (χ1n) is 3.91. The molecule has 78 valence electrons. The normalized spacial score (nSPS) is 9.73. The summed E-state index contributed by atoms with van der Waals surface area (Å²) in [5.74, 6) is -0.442. The summed E-state index contributed by atoms with van der Waals surface area (Å²) < 4.78 is 0. The zero-order chi connectivity index (χ0) is 11.6.